The van der Waals surface area contributed by atoms with E-state index in [1.54, 1.807) is 12.1 Å². The summed E-state index contributed by atoms with van der Waals surface area (Å²) in [6.07, 6.45) is 8.43. The minimum Gasteiger partial charge on any atom is -0.481 e. The topological polar surface area (TPSA) is 75.6 Å². The normalized spacial score (nSPS) is 15.7. The lowest BCUT2D eigenvalue weighted by molar-refractivity contribution is -0.136. The van der Waals surface area contributed by atoms with E-state index in [0.717, 1.165) is 18.4 Å². The van der Waals surface area contributed by atoms with Crippen molar-refractivity contribution in [1.82, 2.24) is 5.32 Å². The molecule has 1 amide bonds. The molecule has 0 atom stereocenters. The summed E-state index contributed by atoms with van der Waals surface area (Å²) in [6, 6.07) is 9.44. The largest absolute Gasteiger partial charge is 0.481 e. The number of carbonyl (C=O) groups is 2. The van der Waals surface area contributed by atoms with Gasteiger partial charge in [0, 0.05) is 6.04 Å². The van der Waals surface area contributed by atoms with Crippen molar-refractivity contribution in [3.05, 3.63) is 35.9 Å². The van der Waals surface area contributed by atoms with Crippen LogP contribution in [-0.2, 0) is 16.0 Å². The number of aliphatic carboxylic acids is 1. The molecule has 0 aromatic heterocycles. The lowest BCUT2D eigenvalue weighted by Gasteiger charge is -2.24. The second kappa shape index (κ2) is 11.6. The maximum atomic E-state index is 11.6. The fraction of sp³-hybridized carbons (Fsp3) is 0.619. The zero-order valence-electron chi connectivity index (χ0n) is 16.3. The van der Waals surface area contributed by atoms with Crippen LogP contribution in [0.3, 0.4) is 0 Å². The molecule has 0 heterocycles. The second-order valence-electron chi connectivity index (χ2n) is 7.74. The molecule has 0 radical (unpaired) electrons. The SMILES string of the molecule is CC(C)(C)OC(=O)NC1CCCCCCC1.O=C(O)Cc1ccccc1. The van der Waals surface area contributed by atoms with Crippen LogP contribution >= 0.6 is 0 Å². The number of nitrogens with one attached hydrogen (secondary N) is 1. The van der Waals surface area contributed by atoms with Gasteiger partial charge in [0.15, 0.2) is 0 Å². The first-order chi connectivity index (χ1) is 12.3. The van der Waals surface area contributed by atoms with Gasteiger partial charge in [-0.3, -0.25) is 4.79 Å². The van der Waals surface area contributed by atoms with Crippen LogP contribution in [0.4, 0.5) is 4.79 Å². The summed E-state index contributed by atoms with van der Waals surface area (Å²) in [7, 11) is 0. The third-order valence-electron chi connectivity index (χ3n) is 4.02. The quantitative estimate of drug-likeness (QED) is 0.798. The molecule has 1 aromatic rings. The number of carboxylic acids is 1. The second-order valence-corrected chi connectivity index (χ2v) is 7.74. The lowest BCUT2D eigenvalue weighted by Crippen LogP contribution is -2.39. The summed E-state index contributed by atoms with van der Waals surface area (Å²) in [5.41, 5.74) is 0.445. The molecule has 0 bridgehead atoms. The monoisotopic (exact) mass is 363 g/mol. The number of hydrogen-bond donors (Lipinski definition) is 2. The van der Waals surface area contributed by atoms with E-state index in [1.807, 2.05) is 39.0 Å². The number of carbonyl (C=O) groups excluding carboxylic acids is 1. The van der Waals surface area contributed by atoms with Crippen LogP contribution in [-0.4, -0.2) is 28.8 Å². The van der Waals surface area contributed by atoms with Crippen molar-refractivity contribution in [2.75, 3.05) is 0 Å². The highest BCUT2D eigenvalue weighted by atomic mass is 16.6. The molecule has 1 aromatic carbocycles. The van der Waals surface area contributed by atoms with E-state index in [4.69, 9.17) is 9.84 Å². The standard InChI is InChI=1S/C13H25NO2.C8H8O2/c1-13(2,3)16-12(15)14-11-9-7-5-4-6-8-10-11;9-8(10)6-7-4-2-1-3-5-7/h11H,4-10H2,1-3H3,(H,14,15);1-5H,6H2,(H,9,10). The van der Waals surface area contributed by atoms with Crippen molar-refractivity contribution in [2.24, 2.45) is 0 Å². The van der Waals surface area contributed by atoms with Gasteiger partial charge < -0.3 is 15.2 Å². The first kappa shape index (κ1) is 22.0. The van der Waals surface area contributed by atoms with E-state index in [2.05, 4.69) is 5.32 Å². The molecule has 2 N–H and O–H groups in total. The molecule has 0 saturated heterocycles. The van der Waals surface area contributed by atoms with Gasteiger partial charge in [-0.2, -0.15) is 0 Å². The Labute approximate surface area is 157 Å². The Kier molecular flexibility index (Phi) is 9.78. The van der Waals surface area contributed by atoms with Gasteiger partial charge in [0.05, 0.1) is 6.42 Å². The number of carboxylic acid groups (broad SMARTS) is 1. The molecule has 1 aliphatic rings. The van der Waals surface area contributed by atoms with Crippen LogP contribution < -0.4 is 5.32 Å². The minimum absolute atomic E-state index is 0.112. The molecule has 0 unspecified atom stereocenters. The van der Waals surface area contributed by atoms with E-state index < -0.39 is 11.6 Å². The molecule has 0 spiro atoms. The highest BCUT2D eigenvalue weighted by molar-refractivity contribution is 5.70. The van der Waals surface area contributed by atoms with E-state index in [1.165, 1.54) is 32.1 Å². The van der Waals surface area contributed by atoms with Crippen molar-refractivity contribution in [1.29, 1.82) is 0 Å². The van der Waals surface area contributed by atoms with E-state index >= 15 is 0 Å². The van der Waals surface area contributed by atoms with Gasteiger partial charge in [0.25, 0.3) is 0 Å². The van der Waals surface area contributed by atoms with Crippen LogP contribution in [0, 0.1) is 0 Å². The molecule has 0 aliphatic heterocycles. The predicted molar refractivity (Wildman–Crippen MR) is 103 cm³/mol. The summed E-state index contributed by atoms with van der Waals surface area (Å²) in [4.78, 5) is 21.8. The smallest absolute Gasteiger partial charge is 0.407 e. The van der Waals surface area contributed by atoms with Crippen molar-refractivity contribution in [3.63, 3.8) is 0 Å². The highest BCUT2D eigenvalue weighted by Gasteiger charge is 2.19. The van der Waals surface area contributed by atoms with Crippen LogP contribution in [0.25, 0.3) is 0 Å². The summed E-state index contributed by atoms with van der Waals surface area (Å²) >= 11 is 0. The fourth-order valence-corrected chi connectivity index (χ4v) is 2.85. The zero-order chi connectivity index (χ0) is 19.4. The third kappa shape index (κ3) is 11.5. The van der Waals surface area contributed by atoms with Gasteiger partial charge >= 0.3 is 12.1 Å². The summed E-state index contributed by atoms with van der Waals surface area (Å²) in [6.45, 7) is 5.68. The molecule has 5 nitrogen and oxygen atoms in total. The molecule has 1 aliphatic carbocycles. The average Bonchev–Trinajstić information content (AvgIpc) is 2.49. The zero-order valence-corrected chi connectivity index (χ0v) is 16.3. The average molecular weight is 363 g/mol. The number of hydrogen-bond acceptors (Lipinski definition) is 3. The molecule has 1 saturated carbocycles. The molecular weight excluding hydrogens is 330 g/mol. The van der Waals surface area contributed by atoms with Crippen molar-refractivity contribution >= 4 is 12.1 Å². The predicted octanol–water partition coefficient (Wildman–Crippen LogP) is 4.94. The Bertz CT molecular complexity index is 529. The first-order valence-electron chi connectivity index (χ1n) is 9.51. The Hall–Kier alpha value is -2.04. The maximum absolute atomic E-state index is 11.6. The summed E-state index contributed by atoms with van der Waals surface area (Å²) < 4.78 is 5.26. The summed E-state index contributed by atoms with van der Waals surface area (Å²) in [5.74, 6) is -0.786. The number of rotatable bonds is 3. The number of ether oxygens (including phenoxy) is 1. The molecular formula is C21H33NO4. The molecule has 1 fully saturated rings. The van der Waals surface area contributed by atoms with E-state index in [9.17, 15) is 9.59 Å². The van der Waals surface area contributed by atoms with Crippen LogP contribution in [0.2, 0.25) is 0 Å². The summed E-state index contributed by atoms with van der Waals surface area (Å²) in [5, 5.41) is 11.3. The van der Waals surface area contributed by atoms with Gasteiger partial charge in [0.2, 0.25) is 0 Å². The number of benzene rings is 1. The minimum atomic E-state index is -0.786. The van der Waals surface area contributed by atoms with Gasteiger partial charge in [-0.25, -0.2) is 4.79 Å². The van der Waals surface area contributed by atoms with Crippen LogP contribution in [0.15, 0.2) is 30.3 Å². The molecule has 146 valence electrons. The third-order valence-corrected chi connectivity index (χ3v) is 4.02. The number of amides is 1. The highest BCUT2D eigenvalue weighted by Crippen LogP contribution is 2.17. The van der Waals surface area contributed by atoms with Crippen LogP contribution in [0.5, 0.6) is 0 Å². The van der Waals surface area contributed by atoms with Crippen molar-refractivity contribution in [2.45, 2.75) is 83.8 Å². The van der Waals surface area contributed by atoms with Crippen molar-refractivity contribution < 1.29 is 19.4 Å². The molecule has 2 rings (SSSR count). The van der Waals surface area contributed by atoms with Gasteiger partial charge in [0.1, 0.15) is 5.60 Å². The van der Waals surface area contributed by atoms with Gasteiger partial charge in [-0.1, -0.05) is 62.4 Å². The van der Waals surface area contributed by atoms with Crippen molar-refractivity contribution in [3.8, 4) is 0 Å². The lowest BCUT2D eigenvalue weighted by atomic mass is 9.97. The fourth-order valence-electron chi connectivity index (χ4n) is 2.85. The Morgan fingerprint density at radius 2 is 1.58 bits per heavy atom. The Morgan fingerprint density at radius 1 is 1.04 bits per heavy atom. The van der Waals surface area contributed by atoms with Crippen LogP contribution in [0.1, 0.15) is 71.3 Å². The van der Waals surface area contributed by atoms with E-state index in [-0.39, 0.29) is 12.5 Å². The van der Waals surface area contributed by atoms with E-state index in [0.29, 0.717) is 6.04 Å². The molecule has 5 heteroatoms. The number of alkyl carbamates (subject to hydrolysis) is 1. The maximum Gasteiger partial charge on any atom is 0.407 e. The van der Waals surface area contributed by atoms with Gasteiger partial charge in [-0.05, 0) is 39.2 Å². The van der Waals surface area contributed by atoms with Gasteiger partial charge in [-0.15, -0.1) is 0 Å². The Balaban J connectivity index is 0.000000289. The molecule has 26 heavy (non-hydrogen) atoms. The first-order valence-corrected chi connectivity index (χ1v) is 9.51. The Morgan fingerprint density at radius 3 is 2.08 bits per heavy atom.